The molecule has 1 aromatic carbocycles. The van der Waals surface area contributed by atoms with Crippen LogP contribution in [0.1, 0.15) is 36.9 Å². The number of carbonyl (C=O) groups excluding carboxylic acids is 2. The van der Waals surface area contributed by atoms with Gasteiger partial charge in [-0.3, -0.25) is 14.7 Å². The number of fused-ring (bicyclic) bond motifs is 1. The number of anilines is 2. The van der Waals surface area contributed by atoms with Crippen LogP contribution in [0.4, 0.5) is 20.3 Å². The Morgan fingerprint density at radius 3 is 2.90 bits per heavy atom. The van der Waals surface area contributed by atoms with E-state index in [4.69, 9.17) is 5.73 Å². The molecule has 1 fully saturated rings. The van der Waals surface area contributed by atoms with E-state index in [0.29, 0.717) is 23.5 Å². The Hall–Kier alpha value is -3.56. The van der Waals surface area contributed by atoms with E-state index >= 15 is 0 Å². The average Bonchev–Trinajstić information content (AvgIpc) is 3.22. The SMILES string of the molecule is CCc1cc(NC(=O)C(=O)N2CCC(F)(F)C[C@H]2c2ccc3[nH]ncc3c2)cnc1N. The number of benzene rings is 1. The van der Waals surface area contributed by atoms with Crippen molar-refractivity contribution in [2.75, 3.05) is 17.6 Å². The van der Waals surface area contributed by atoms with E-state index in [1.54, 1.807) is 30.5 Å². The van der Waals surface area contributed by atoms with Crippen molar-refractivity contribution >= 4 is 34.2 Å². The first-order valence-electron chi connectivity index (χ1n) is 9.94. The van der Waals surface area contributed by atoms with Gasteiger partial charge in [0, 0.05) is 24.8 Å². The standard InChI is InChI=1S/C21H22F2N6O2/c1-2-12-8-15(11-25-18(12)24)27-19(30)20(31)29-6-5-21(22,23)9-17(29)13-3-4-16-14(7-13)10-26-28-16/h3-4,7-8,10-11,17H,2,5-6,9H2,1H3,(H2,24,25)(H,26,28)(H,27,30)/t17-/m0/s1. The molecule has 10 heteroatoms. The number of nitrogens with zero attached hydrogens (tertiary/aromatic N) is 3. The Labute approximate surface area is 176 Å². The van der Waals surface area contributed by atoms with E-state index < -0.39 is 36.6 Å². The monoisotopic (exact) mass is 428 g/mol. The molecule has 4 rings (SSSR count). The maximum absolute atomic E-state index is 14.2. The van der Waals surface area contributed by atoms with Crippen LogP contribution in [0.15, 0.2) is 36.7 Å². The lowest BCUT2D eigenvalue weighted by atomic mass is 9.92. The van der Waals surface area contributed by atoms with Crippen molar-refractivity contribution in [3.05, 3.63) is 47.8 Å². The zero-order valence-electron chi connectivity index (χ0n) is 16.9. The third kappa shape index (κ3) is 4.18. The molecule has 0 unspecified atom stereocenters. The third-order valence-electron chi connectivity index (χ3n) is 5.53. The highest BCUT2D eigenvalue weighted by Gasteiger charge is 2.44. The molecule has 2 amide bonds. The largest absolute Gasteiger partial charge is 0.383 e. The zero-order chi connectivity index (χ0) is 22.2. The van der Waals surface area contributed by atoms with E-state index in [1.807, 2.05) is 6.92 Å². The summed E-state index contributed by atoms with van der Waals surface area (Å²) in [5.74, 6) is -4.36. The molecule has 1 atom stereocenters. The molecule has 0 radical (unpaired) electrons. The van der Waals surface area contributed by atoms with Crippen LogP contribution in [0.2, 0.25) is 0 Å². The Morgan fingerprint density at radius 1 is 1.32 bits per heavy atom. The summed E-state index contributed by atoms with van der Waals surface area (Å²) >= 11 is 0. The Kier molecular flexibility index (Phi) is 5.30. The number of H-pyrrole nitrogens is 1. The third-order valence-corrected chi connectivity index (χ3v) is 5.53. The molecule has 0 saturated carbocycles. The van der Waals surface area contributed by atoms with E-state index in [1.165, 1.54) is 11.1 Å². The minimum absolute atomic E-state index is 0.229. The summed E-state index contributed by atoms with van der Waals surface area (Å²) in [4.78, 5) is 30.8. The first-order valence-corrected chi connectivity index (χ1v) is 9.94. The summed E-state index contributed by atoms with van der Waals surface area (Å²) < 4.78 is 28.4. The summed E-state index contributed by atoms with van der Waals surface area (Å²) in [5, 5.41) is 9.98. The number of hydrogen-bond acceptors (Lipinski definition) is 5. The van der Waals surface area contributed by atoms with Crippen molar-refractivity contribution in [1.29, 1.82) is 0 Å². The summed E-state index contributed by atoms with van der Waals surface area (Å²) in [6, 6.07) is 5.81. The lowest BCUT2D eigenvalue weighted by Gasteiger charge is -2.39. The average molecular weight is 428 g/mol. The first kappa shape index (κ1) is 20.7. The molecule has 162 valence electrons. The first-order chi connectivity index (χ1) is 14.8. The van der Waals surface area contributed by atoms with E-state index in [-0.39, 0.29) is 6.54 Å². The van der Waals surface area contributed by atoms with Crippen molar-refractivity contribution in [1.82, 2.24) is 20.1 Å². The summed E-state index contributed by atoms with van der Waals surface area (Å²) in [6.45, 7) is 1.66. The minimum Gasteiger partial charge on any atom is -0.383 e. The number of aromatic nitrogens is 3. The second-order valence-corrected chi connectivity index (χ2v) is 7.62. The van der Waals surface area contributed by atoms with Crippen LogP contribution < -0.4 is 11.1 Å². The van der Waals surface area contributed by atoms with Crippen molar-refractivity contribution in [2.24, 2.45) is 0 Å². The number of halogens is 2. The second kappa shape index (κ2) is 7.93. The molecular weight excluding hydrogens is 406 g/mol. The number of piperidine rings is 1. The second-order valence-electron chi connectivity index (χ2n) is 7.62. The van der Waals surface area contributed by atoms with Crippen LogP contribution in [0.25, 0.3) is 10.9 Å². The predicted octanol–water partition coefficient (Wildman–Crippen LogP) is 3.04. The number of pyridine rings is 1. The number of nitrogens with one attached hydrogen (secondary N) is 2. The number of carbonyl (C=O) groups is 2. The number of rotatable bonds is 3. The number of amides is 2. The molecular formula is C21H22F2N6O2. The van der Waals surface area contributed by atoms with Crippen LogP contribution >= 0.6 is 0 Å². The molecule has 4 N–H and O–H groups in total. The van der Waals surface area contributed by atoms with Crippen LogP contribution in [-0.2, 0) is 16.0 Å². The molecule has 0 spiro atoms. The molecule has 3 aromatic rings. The zero-order valence-corrected chi connectivity index (χ0v) is 16.9. The molecule has 1 saturated heterocycles. The summed E-state index contributed by atoms with van der Waals surface area (Å²) in [6.07, 6.45) is 2.49. The fourth-order valence-electron chi connectivity index (χ4n) is 3.83. The maximum Gasteiger partial charge on any atom is 0.313 e. The normalized spacial score (nSPS) is 18.2. The molecule has 1 aliphatic heterocycles. The van der Waals surface area contributed by atoms with Crippen LogP contribution in [0.5, 0.6) is 0 Å². The van der Waals surface area contributed by atoms with Gasteiger partial charge >= 0.3 is 11.8 Å². The summed E-state index contributed by atoms with van der Waals surface area (Å²) in [5.41, 5.74) is 8.10. The Morgan fingerprint density at radius 2 is 2.13 bits per heavy atom. The van der Waals surface area contributed by atoms with Crippen molar-refractivity contribution in [3.63, 3.8) is 0 Å². The van der Waals surface area contributed by atoms with Gasteiger partial charge in [-0.25, -0.2) is 13.8 Å². The fourth-order valence-corrected chi connectivity index (χ4v) is 3.83. The number of hydrogen-bond donors (Lipinski definition) is 3. The molecule has 2 aromatic heterocycles. The molecule has 8 nitrogen and oxygen atoms in total. The topological polar surface area (TPSA) is 117 Å². The van der Waals surface area contributed by atoms with Crippen molar-refractivity contribution in [2.45, 2.75) is 38.2 Å². The Bertz CT molecular complexity index is 1150. The quantitative estimate of drug-likeness (QED) is 0.555. The highest BCUT2D eigenvalue weighted by molar-refractivity contribution is 6.39. The van der Waals surface area contributed by atoms with Gasteiger partial charge in [-0.15, -0.1) is 0 Å². The lowest BCUT2D eigenvalue weighted by molar-refractivity contribution is -0.151. The minimum atomic E-state index is -2.93. The lowest BCUT2D eigenvalue weighted by Crippen LogP contribution is -2.48. The molecule has 0 aliphatic carbocycles. The van der Waals surface area contributed by atoms with Crippen molar-refractivity contribution in [3.8, 4) is 0 Å². The Balaban J connectivity index is 1.59. The number of nitrogens with two attached hydrogens (primary N) is 1. The maximum atomic E-state index is 14.2. The van der Waals surface area contributed by atoms with E-state index in [2.05, 4.69) is 20.5 Å². The predicted molar refractivity (Wildman–Crippen MR) is 111 cm³/mol. The van der Waals surface area contributed by atoms with Gasteiger partial charge in [0.1, 0.15) is 5.82 Å². The van der Waals surface area contributed by atoms with Crippen LogP contribution in [0.3, 0.4) is 0 Å². The number of aryl methyl sites for hydroxylation is 1. The van der Waals surface area contributed by atoms with Gasteiger partial charge in [0.05, 0.1) is 29.6 Å². The fraction of sp³-hybridized carbons (Fsp3) is 0.333. The number of aromatic amines is 1. The van der Waals surface area contributed by atoms with Gasteiger partial charge in [0.15, 0.2) is 0 Å². The summed E-state index contributed by atoms with van der Waals surface area (Å²) in [7, 11) is 0. The van der Waals surface area contributed by atoms with Gasteiger partial charge in [-0.2, -0.15) is 5.10 Å². The smallest absolute Gasteiger partial charge is 0.313 e. The van der Waals surface area contributed by atoms with Gasteiger partial charge in [0.25, 0.3) is 5.92 Å². The molecule has 31 heavy (non-hydrogen) atoms. The molecule has 3 heterocycles. The number of nitrogen functional groups attached to an aromatic ring is 1. The van der Waals surface area contributed by atoms with Crippen LogP contribution in [-0.4, -0.2) is 44.4 Å². The van der Waals surface area contributed by atoms with E-state index in [9.17, 15) is 18.4 Å². The number of alkyl halides is 2. The molecule has 0 bridgehead atoms. The highest BCUT2D eigenvalue weighted by atomic mass is 19.3. The van der Waals surface area contributed by atoms with Gasteiger partial charge in [0.2, 0.25) is 0 Å². The van der Waals surface area contributed by atoms with Crippen molar-refractivity contribution < 1.29 is 18.4 Å². The highest BCUT2D eigenvalue weighted by Crippen LogP contribution is 2.40. The number of likely N-dealkylation sites (tertiary alicyclic amines) is 1. The van der Waals surface area contributed by atoms with E-state index in [0.717, 1.165) is 16.5 Å². The van der Waals surface area contributed by atoms with Gasteiger partial charge in [-0.05, 0) is 35.7 Å². The van der Waals surface area contributed by atoms with Gasteiger partial charge < -0.3 is 16.0 Å². The van der Waals surface area contributed by atoms with Crippen LogP contribution in [0, 0.1) is 0 Å². The molecule has 1 aliphatic rings. The van der Waals surface area contributed by atoms with Gasteiger partial charge in [-0.1, -0.05) is 13.0 Å².